The van der Waals surface area contributed by atoms with Crippen molar-refractivity contribution in [3.05, 3.63) is 33.4 Å². The molecule has 0 atom stereocenters. The Morgan fingerprint density at radius 2 is 2.08 bits per heavy atom. The van der Waals surface area contributed by atoms with Gasteiger partial charge in [0.15, 0.2) is 0 Å². The summed E-state index contributed by atoms with van der Waals surface area (Å²) in [5, 5.41) is 0. The van der Waals surface area contributed by atoms with Crippen LogP contribution >= 0.6 is 22.6 Å². The normalized spacial score (nSPS) is 10.6. The fourth-order valence-corrected chi connectivity index (χ4v) is 2.05. The van der Waals surface area contributed by atoms with Crippen molar-refractivity contribution < 1.29 is 44.0 Å². The van der Waals surface area contributed by atoms with Crippen LogP contribution in [0.1, 0.15) is 6.99 Å². The van der Waals surface area contributed by atoms with Gasteiger partial charge in [-0.05, 0) is 40.3 Å². The Morgan fingerprint density at radius 3 is 2.54 bits per heavy atom. The van der Waals surface area contributed by atoms with Crippen LogP contribution in [0.5, 0.6) is 0 Å². The molecule has 0 unspecified atom stereocenters. The van der Waals surface area contributed by atoms with Gasteiger partial charge in [0, 0.05) is 3.57 Å². The van der Waals surface area contributed by atoms with E-state index in [4.69, 9.17) is 4.55 Å². The van der Waals surface area contributed by atoms with Crippen LogP contribution in [0.25, 0.3) is 0 Å². The Balaban J connectivity index is 0. The first-order chi connectivity index (χ1) is 5.47. The van der Waals surface area contributed by atoms with E-state index in [-0.39, 0.29) is 36.7 Å². The van der Waals surface area contributed by atoms with Crippen molar-refractivity contribution in [2.75, 3.05) is 0 Å². The molecule has 1 aromatic rings. The monoisotopic (exact) mass is 322 g/mol. The zero-order valence-electron chi connectivity index (χ0n) is 8.07. The number of hydrogen-bond acceptors (Lipinski definition) is 2. The number of halogens is 1. The second-order valence-corrected chi connectivity index (χ2v) is 5.05. The molecule has 0 radical (unpaired) electrons. The third-order valence-corrected chi connectivity index (χ3v) is 2.61. The summed E-state index contributed by atoms with van der Waals surface area (Å²) >= 11 is 2.08. The van der Waals surface area contributed by atoms with Gasteiger partial charge >= 0.3 is 29.6 Å². The summed E-state index contributed by atoms with van der Waals surface area (Å²) in [6, 6.07) is 6.99. The van der Waals surface area contributed by atoms with E-state index < -0.39 is 10.1 Å². The average molecular weight is 322 g/mol. The van der Waals surface area contributed by atoms with Crippen molar-refractivity contribution in [3.63, 3.8) is 0 Å². The standard InChI is InChI=1S/C7H7IO3S.Na.H/c8-7-3-1-2-6(4-7)5-12(9,10)11;;/h1-4H,5H2,(H,9,10,11);;/q;+1;-1. The maximum absolute atomic E-state index is 10.5. The molecule has 0 aliphatic heterocycles. The first-order valence-corrected chi connectivity index (χ1v) is 5.86. The molecule has 0 amide bonds. The minimum Gasteiger partial charge on any atom is -1.00 e. The Bertz CT molecular complexity index is 382. The van der Waals surface area contributed by atoms with Crippen molar-refractivity contribution in [1.29, 1.82) is 0 Å². The summed E-state index contributed by atoms with van der Waals surface area (Å²) in [6.07, 6.45) is 0. The molecule has 1 N–H and O–H groups in total. The summed E-state index contributed by atoms with van der Waals surface area (Å²) < 4.78 is 30.4. The molecule has 13 heavy (non-hydrogen) atoms. The molecule has 0 heterocycles. The maximum atomic E-state index is 10.5. The fraction of sp³-hybridized carbons (Fsp3) is 0.143. The molecule has 1 rings (SSSR count). The Labute approximate surface area is 115 Å². The van der Waals surface area contributed by atoms with E-state index in [0.29, 0.717) is 5.56 Å². The summed E-state index contributed by atoms with van der Waals surface area (Å²) in [5.74, 6) is -0.316. The van der Waals surface area contributed by atoms with Crippen LogP contribution in [0.2, 0.25) is 0 Å². The van der Waals surface area contributed by atoms with Gasteiger partial charge < -0.3 is 1.43 Å². The predicted molar refractivity (Wildman–Crippen MR) is 55.5 cm³/mol. The van der Waals surface area contributed by atoms with Crippen LogP contribution in [0.15, 0.2) is 24.3 Å². The predicted octanol–water partition coefficient (Wildman–Crippen LogP) is -1.20. The molecule has 0 bridgehead atoms. The van der Waals surface area contributed by atoms with Crippen molar-refractivity contribution in [3.8, 4) is 0 Å². The first kappa shape index (κ1) is 13.9. The quantitative estimate of drug-likeness (QED) is 0.423. The van der Waals surface area contributed by atoms with Gasteiger partial charge in [-0.15, -0.1) is 0 Å². The molecule has 0 saturated carbocycles. The zero-order chi connectivity index (χ0) is 9.19. The molecule has 0 saturated heterocycles. The maximum Gasteiger partial charge on any atom is 1.00 e. The van der Waals surface area contributed by atoms with E-state index in [1.165, 1.54) is 0 Å². The SMILES string of the molecule is O=S(=O)(O)Cc1cccc(I)c1.[H-].[Na+]. The summed E-state index contributed by atoms with van der Waals surface area (Å²) in [6.45, 7) is 0. The Kier molecular flexibility index (Phi) is 6.05. The van der Waals surface area contributed by atoms with E-state index in [0.717, 1.165) is 3.57 Å². The van der Waals surface area contributed by atoms with Crippen molar-refractivity contribution in [1.82, 2.24) is 0 Å². The fourth-order valence-electron chi connectivity index (χ4n) is 0.837. The van der Waals surface area contributed by atoms with Gasteiger partial charge in [0.05, 0.1) is 0 Å². The summed E-state index contributed by atoms with van der Waals surface area (Å²) in [4.78, 5) is 0. The Hall–Kier alpha value is 0.860. The molecule has 1 aromatic carbocycles. The molecular formula is C7H8INaO3S. The van der Waals surface area contributed by atoms with Crippen molar-refractivity contribution >= 4 is 32.7 Å². The third-order valence-electron chi connectivity index (χ3n) is 1.24. The number of benzene rings is 1. The van der Waals surface area contributed by atoms with E-state index in [1.54, 1.807) is 18.2 Å². The van der Waals surface area contributed by atoms with Crippen LogP contribution in [-0.4, -0.2) is 13.0 Å². The van der Waals surface area contributed by atoms with Crippen LogP contribution in [0, 0.1) is 3.57 Å². The van der Waals surface area contributed by atoms with Crippen LogP contribution < -0.4 is 29.6 Å². The molecule has 0 aliphatic rings. The van der Waals surface area contributed by atoms with Gasteiger partial charge in [-0.3, -0.25) is 4.55 Å². The number of rotatable bonds is 2. The zero-order valence-corrected chi connectivity index (χ0v) is 12.0. The van der Waals surface area contributed by atoms with Gasteiger partial charge in [0.2, 0.25) is 0 Å². The first-order valence-electron chi connectivity index (χ1n) is 3.17. The number of hydrogen-bond donors (Lipinski definition) is 1. The minimum absolute atomic E-state index is 0. The molecule has 3 nitrogen and oxygen atoms in total. The second-order valence-electron chi connectivity index (χ2n) is 2.36. The van der Waals surface area contributed by atoms with Gasteiger partial charge in [-0.2, -0.15) is 8.42 Å². The molecular weight excluding hydrogens is 314 g/mol. The van der Waals surface area contributed by atoms with Crippen molar-refractivity contribution in [2.24, 2.45) is 0 Å². The summed E-state index contributed by atoms with van der Waals surface area (Å²) in [5.41, 5.74) is 0.601. The minimum atomic E-state index is -3.90. The molecule has 6 heteroatoms. The van der Waals surface area contributed by atoms with Crippen LogP contribution in [0.4, 0.5) is 0 Å². The van der Waals surface area contributed by atoms with Gasteiger partial charge in [0.25, 0.3) is 10.1 Å². The average Bonchev–Trinajstić information content (AvgIpc) is 1.82. The van der Waals surface area contributed by atoms with Crippen LogP contribution in [-0.2, 0) is 15.9 Å². The van der Waals surface area contributed by atoms with E-state index in [1.807, 2.05) is 6.07 Å². The largest absolute Gasteiger partial charge is 1.00 e. The van der Waals surface area contributed by atoms with Crippen molar-refractivity contribution in [2.45, 2.75) is 5.75 Å². The van der Waals surface area contributed by atoms with Gasteiger partial charge in [-0.25, -0.2) is 0 Å². The van der Waals surface area contributed by atoms with Gasteiger partial charge in [0.1, 0.15) is 5.75 Å². The topological polar surface area (TPSA) is 54.4 Å². The smallest absolute Gasteiger partial charge is 1.00 e. The molecule has 0 fully saturated rings. The van der Waals surface area contributed by atoms with Gasteiger partial charge in [-0.1, -0.05) is 12.1 Å². The summed E-state index contributed by atoms with van der Waals surface area (Å²) in [7, 11) is -3.90. The van der Waals surface area contributed by atoms with Crippen LogP contribution in [0.3, 0.4) is 0 Å². The van der Waals surface area contributed by atoms with E-state index >= 15 is 0 Å². The van der Waals surface area contributed by atoms with E-state index in [2.05, 4.69) is 22.6 Å². The molecule has 0 aromatic heterocycles. The third kappa shape index (κ3) is 6.03. The molecule has 0 aliphatic carbocycles. The van der Waals surface area contributed by atoms with E-state index in [9.17, 15) is 8.42 Å². The second kappa shape index (κ2) is 5.67. The molecule has 0 spiro atoms. The Morgan fingerprint density at radius 1 is 1.46 bits per heavy atom. The molecule has 68 valence electrons.